The lowest BCUT2D eigenvalue weighted by Gasteiger charge is -2.02. The maximum atomic E-state index is 10.9. The van der Waals surface area contributed by atoms with E-state index in [1.165, 1.54) is 14.0 Å². The van der Waals surface area contributed by atoms with Gasteiger partial charge >= 0.3 is 5.97 Å². The van der Waals surface area contributed by atoms with Crippen LogP contribution in [0.1, 0.15) is 0 Å². The predicted octanol–water partition coefficient (Wildman–Crippen LogP) is 1.01. The highest BCUT2D eigenvalue weighted by atomic mass is 31.0. The minimum Gasteiger partial charge on any atom is -0.481 e. The van der Waals surface area contributed by atoms with Crippen molar-refractivity contribution in [3.63, 3.8) is 0 Å². The van der Waals surface area contributed by atoms with Crippen LogP contribution in [0.15, 0.2) is 60.6 Å². The number of allylic oxidation sites excluding steroid dienone is 4. The van der Waals surface area contributed by atoms with Crippen molar-refractivity contribution >= 4 is 23.3 Å². The molecule has 0 aliphatic heterocycles. The molecule has 0 saturated heterocycles. The second kappa shape index (κ2) is 9.28. The van der Waals surface area contributed by atoms with Crippen molar-refractivity contribution in [2.24, 2.45) is 0 Å². The van der Waals surface area contributed by atoms with Crippen LogP contribution in [0.25, 0.3) is 0 Å². The van der Waals surface area contributed by atoms with E-state index in [9.17, 15) is 4.79 Å². The zero-order valence-electron chi connectivity index (χ0n) is 10.1. The summed E-state index contributed by atoms with van der Waals surface area (Å²) in [6.45, 7) is 7.20. The van der Waals surface area contributed by atoms with Gasteiger partial charge in [0.25, 0.3) is 0 Å². The van der Waals surface area contributed by atoms with Crippen LogP contribution in [-0.4, -0.2) is 19.1 Å². The van der Waals surface area contributed by atoms with Crippen LogP contribution in [0, 0.1) is 0 Å². The molecule has 96 valence electrons. The zero-order valence-corrected chi connectivity index (χ0v) is 11.2. The molecule has 0 aromatic heterocycles. The highest BCUT2D eigenvalue weighted by Gasteiger charge is 2.03. The van der Waals surface area contributed by atoms with Crippen molar-refractivity contribution in [2.45, 2.75) is 0 Å². The van der Waals surface area contributed by atoms with E-state index in [2.05, 4.69) is 32.8 Å². The van der Waals surface area contributed by atoms with Gasteiger partial charge in [0.15, 0.2) is 7.85 Å². The van der Waals surface area contributed by atoms with Crippen LogP contribution < -0.4 is 5.32 Å². The molecule has 0 bridgehead atoms. The first kappa shape index (κ1) is 16.2. The Bertz CT molecular complexity index is 415. The molecule has 0 spiro atoms. The summed E-state index contributed by atoms with van der Waals surface area (Å²) in [7, 11) is 3.57. The molecule has 1 unspecified atom stereocenters. The lowest BCUT2D eigenvalue weighted by atomic mass is 9.97. The molecule has 5 nitrogen and oxygen atoms in total. The molecule has 0 rings (SSSR count). The molecule has 0 radical (unpaired) electrons. The highest BCUT2D eigenvalue weighted by Crippen LogP contribution is 2.02. The number of hydrogen-bond acceptors (Lipinski definition) is 5. The van der Waals surface area contributed by atoms with Crippen molar-refractivity contribution in [1.29, 1.82) is 0 Å². The van der Waals surface area contributed by atoms with Crippen molar-refractivity contribution in [3.05, 3.63) is 60.6 Å². The van der Waals surface area contributed by atoms with Gasteiger partial charge in [0, 0.05) is 17.4 Å². The monoisotopic (exact) mass is 267 g/mol. The standard InChI is InChI=1S/C11H15BNO4P/c1-3-9(6-4-5-8(2)17-18)13-7-10(12)11(14)16-15/h3-7,13,15H,1-2,12,18H2/b5-4-,9-6+,10-7-. The van der Waals surface area contributed by atoms with Gasteiger partial charge in [0.2, 0.25) is 0 Å². The maximum Gasteiger partial charge on any atom is 0.360 e. The van der Waals surface area contributed by atoms with E-state index in [1.54, 1.807) is 24.3 Å². The molecule has 0 fully saturated rings. The van der Waals surface area contributed by atoms with Crippen molar-refractivity contribution in [3.8, 4) is 0 Å². The molecule has 2 N–H and O–H groups in total. The normalized spacial score (nSPS) is 12.1. The van der Waals surface area contributed by atoms with Gasteiger partial charge in [-0.25, -0.2) is 4.79 Å². The van der Waals surface area contributed by atoms with Crippen LogP contribution in [0.5, 0.6) is 0 Å². The third kappa shape index (κ3) is 6.73. The topological polar surface area (TPSA) is 67.8 Å². The highest BCUT2D eigenvalue weighted by molar-refractivity contribution is 7.10. The summed E-state index contributed by atoms with van der Waals surface area (Å²) >= 11 is 0. The summed E-state index contributed by atoms with van der Waals surface area (Å²) in [5, 5.41) is 11.0. The SMILES string of the molecule is B/C(=C\N/C(C=C)=C/C=C\C(=C)OP)C(=O)OO. The van der Waals surface area contributed by atoms with Crippen LogP contribution in [0.4, 0.5) is 0 Å². The number of rotatable bonds is 7. The first-order valence-electron chi connectivity index (χ1n) is 4.90. The summed E-state index contributed by atoms with van der Waals surface area (Å²) < 4.78 is 4.77. The summed E-state index contributed by atoms with van der Waals surface area (Å²) in [6, 6.07) is 0. The second-order valence-corrected chi connectivity index (χ2v) is 3.36. The Balaban J connectivity index is 4.57. The van der Waals surface area contributed by atoms with Gasteiger partial charge in [0.05, 0.1) is 9.47 Å². The molecule has 18 heavy (non-hydrogen) atoms. The molecule has 7 heteroatoms. The van der Waals surface area contributed by atoms with Crippen LogP contribution in [-0.2, 0) is 14.2 Å². The van der Waals surface area contributed by atoms with Crippen LogP contribution >= 0.6 is 9.47 Å². The Kier molecular flexibility index (Phi) is 8.36. The number of nitrogens with one attached hydrogen (secondary N) is 1. The third-order valence-electron chi connectivity index (χ3n) is 1.79. The molecule has 1 atom stereocenters. The fourth-order valence-corrected chi connectivity index (χ4v) is 0.875. The molecule has 0 aromatic rings. The molecule has 0 aliphatic rings. The van der Waals surface area contributed by atoms with E-state index in [0.29, 0.717) is 11.5 Å². The Morgan fingerprint density at radius 2 is 2.17 bits per heavy atom. The zero-order chi connectivity index (χ0) is 14.0. The van der Waals surface area contributed by atoms with Crippen LogP contribution in [0.3, 0.4) is 0 Å². The van der Waals surface area contributed by atoms with Crippen molar-refractivity contribution < 1.29 is 19.5 Å². The van der Waals surface area contributed by atoms with Gasteiger partial charge in [-0.05, 0) is 18.2 Å². The van der Waals surface area contributed by atoms with E-state index in [-0.39, 0.29) is 5.47 Å². The Labute approximate surface area is 109 Å². The van der Waals surface area contributed by atoms with Crippen molar-refractivity contribution in [1.82, 2.24) is 5.32 Å². The predicted molar refractivity (Wildman–Crippen MR) is 75.8 cm³/mol. The summed E-state index contributed by atoms with van der Waals surface area (Å²) in [4.78, 5) is 14.5. The minimum atomic E-state index is -0.828. The third-order valence-corrected chi connectivity index (χ3v) is 2.09. The summed E-state index contributed by atoms with van der Waals surface area (Å²) in [5.74, 6) is -0.346. The molecule has 0 aromatic carbocycles. The average molecular weight is 267 g/mol. The van der Waals surface area contributed by atoms with Crippen molar-refractivity contribution in [2.75, 3.05) is 0 Å². The van der Waals surface area contributed by atoms with E-state index < -0.39 is 5.97 Å². The molecular weight excluding hydrogens is 252 g/mol. The first-order chi connectivity index (χ1) is 8.54. The molecule has 0 aliphatic carbocycles. The van der Waals surface area contributed by atoms with Gasteiger partial charge in [-0.15, -0.1) is 0 Å². The fraction of sp³-hybridized carbons (Fsp3) is 0. The lowest BCUT2D eigenvalue weighted by Crippen LogP contribution is -2.10. The first-order valence-corrected chi connectivity index (χ1v) is 5.37. The Hall–Kier alpha value is -1.78. The fourth-order valence-electron chi connectivity index (χ4n) is 0.796. The van der Waals surface area contributed by atoms with E-state index in [1.807, 2.05) is 0 Å². The summed E-state index contributed by atoms with van der Waals surface area (Å²) in [6.07, 6.45) is 8.00. The largest absolute Gasteiger partial charge is 0.481 e. The van der Waals surface area contributed by atoms with Gasteiger partial charge < -0.3 is 9.84 Å². The van der Waals surface area contributed by atoms with Crippen LogP contribution in [0.2, 0.25) is 0 Å². The number of carbonyl (C=O) groups excluding carboxylic acids is 1. The molecular formula is C11H15BNO4P. The van der Waals surface area contributed by atoms with Gasteiger partial charge in [-0.3, -0.25) is 4.89 Å². The number of carbonyl (C=O) groups is 1. The number of hydrogen-bond donors (Lipinski definition) is 2. The van der Waals surface area contributed by atoms with E-state index in [4.69, 9.17) is 9.78 Å². The smallest absolute Gasteiger partial charge is 0.360 e. The van der Waals surface area contributed by atoms with Gasteiger partial charge in [-0.1, -0.05) is 19.2 Å². The quantitative estimate of drug-likeness (QED) is 0.137. The molecule has 0 heterocycles. The Morgan fingerprint density at radius 3 is 2.67 bits per heavy atom. The molecule has 0 saturated carbocycles. The van der Waals surface area contributed by atoms with E-state index >= 15 is 0 Å². The average Bonchev–Trinajstić information content (AvgIpc) is 2.40. The molecule has 0 amide bonds. The Morgan fingerprint density at radius 1 is 1.50 bits per heavy atom. The summed E-state index contributed by atoms with van der Waals surface area (Å²) in [5.41, 5.74) is 0.861. The van der Waals surface area contributed by atoms with E-state index in [0.717, 1.165) is 0 Å². The van der Waals surface area contributed by atoms with Gasteiger partial charge in [-0.2, -0.15) is 5.26 Å². The lowest BCUT2D eigenvalue weighted by molar-refractivity contribution is -0.228. The maximum absolute atomic E-state index is 10.9. The second-order valence-electron chi connectivity index (χ2n) is 3.12. The van der Waals surface area contributed by atoms with Gasteiger partial charge in [0.1, 0.15) is 5.76 Å². The minimum absolute atomic E-state index is 0.215.